The molecule has 0 heterocycles. The molecule has 0 aromatic heterocycles. The van der Waals surface area contributed by atoms with Crippen molar-refractivity contribution in [3.8, 4) is 5.75 Å². The van der Waals surface area contributed by atoms with Gasteiger partial charge in [0.2, 0.25) is 0 Å². The molecule has 4 heteroatoms. The lowest BCUT2D eigenvalue weighted by molar-refractivity contribution is 0.0953. The zero-order chi connectivity index (χ0) is 12.8. The van der Waals surface area contributed by atoms with E-state index in [4.69, 9.17) is 4.74 Å². The number of benzene rings is 1. The van der Waals surface area contributed by atoms with Crippen LogP contribution < -0.4 is 10.1 Å². The first-order valence-electron chi connectivity index (χ1n) is 5.61. The van der Waals surface area contributed by atoms with E-state index in [0.717, 1.165) is 5.75 Å². The lowest BCUT2D eigenvalue weighted by atomic mass is 10.1. The zero-order valence-corrected chi connectivity index (χ0v) is 12.0. The Morgan fingerprint density at radius 2 is 1.94 bits per heavy atom. The molecule has 1 amide bonds. The number of alkyl halides is 1. The Morgan fingerprint density at radius 3 is 2.41 bits per heavy atom. The Hall–Kier alpha value is -1.03. The number of carbonyl (C=O) groups excluding carboxylic acids is 1. The molecule has 94 valence electrons. The third-order valence-electron chi connectivity index (χ3n) is 2.53. The van der Waals surface area contributed by atoms with Crippen molar-refractivity contribution < 1.29 is 9.53 Å². The highest BCUT2D eigenvalue weighted by Gasteiger charge is 2.11. The smallest absolute Gasteiger partial charge is 0.251 e. The van der Waals surface area contributed by atoms with Crippen molar-refractivity contribution in [3.05, 3.63) is 29.8 Å². The topological polar surface area (TPSA) is 38.3 Å². The van der Waals surface area contributed by atoms with Gasteiger partial charge in [-0.15, -0.1) is 0 Å². The number of ether oxygens (including phenoxy) is 1. The normalized spacial score (nSPS) is 12.3. The van der Waals surface area contributed by atoms with Gasteiger partial charge >= 0.3 is 0 Å². The zero-order valence-electron chi connectivity index (χ0n) is 10.4. The molecule has 0 aliphatic carbocycles. The molecule has 0 saturated carbocycles. The molecule has 0 saturated heterocycles. The summed E-state index contributed by atoms with van der Waals surface area (Å²) in [6.45, 7) is 4.85. The minimum absolute atomic E-state index is 0.0576. The van der Waals surface area contributed by atoms with Gasteiger partial charge in [-0.2, -0.15) is 0 Å². The standard InChI is InChI=1S/C13H18BrNO2/c1-9(2)12(14)8-15-13(16)10-4-6-11(17-3)7-5-10/h4-7,9,12H,8H2,1-3H3,(H,15,16). The number of methoxy groups -OCH3 is 1. The molecule has 17 heavy (non-hydrogen) atoms. The van der Waals surface area contributed by atoms with Crippen molar-refractivity contribution in [3.63, 3.8) is 0 Å². The van der Waals surface area contributed by atoms with Crippen molar-refractivity contribution in [2.45, 2.75) is 18.7 Å². The van der Waals surface area contributed by atoms with Gasteiger partial charge in [-0.1, -0.05) is 29.8 Å². The first-order chi connectivity index (χ1) is 8.04. The monoisotopic (exact) mass is 299 g/mol. The van der Waals surface area contributed by atoms with Crippen LogP contribution >= 0.6 is 15.9 Å². The molecular formula is C13H18BrNO2. The first kappa shape index (κ1) is 14.0. The molecular weight excluding hydrogens is 282 g/mol. The molecule has 1 aromatic rings. The fourth-order valence-corrected chi connectivity index (χ4v) is 1.43. The van der Waals surface area contributed by atoms with Crippen LogP contribution in [0.15, 0.2) is 24.3 Å². The van der Waals surface area contributed by atoms with E-state index in [1.165, 1.54) is 0 Å². The highest BCUT2D eigenvalue weighted by Crippen LogP contribution is 2.12. The van der Waals surface area contributed by atoms with Crippen molar-refractivity contribution in [2.24, 2.45) is 5.92 Å². The Bertz CT molecular complexity index is 362. The van der Waals surface area contributed by atoms with E-state index in [-0.39, 0.29) is 5.91 Å². The predicted molar refractivity (Wildman–Crippen MR) is 72.9 cm³/mol. The second-order valence-corrected chi connectivity index (χ2v) is 5.37. The highest BCUT2D eigenvalue weighted by atomic mass is 79.9. The van der Waals surface area contributed by atoms with E-state index >= 15 is 0 Å². The fraction of sp³-hybridized carbons (Fsp3) is 0.462. The van der Waals surface area contributed by atoms with Crippen LogP contribution in [0.2, 0.25) is 0 Å². The number of hydrogen-bond donors (Lipinski definition) is 1. The van der Waals surface area contributed by atoms with Gasteiger partial charge < -0.3 is 10.1 Å². The summed E-state index contributed by atoms with van der Waals surface area (Å²) in [5.74, 6) is 1.19. The molecule has 0 fully saturated rings. The van der Waals surface area contributed by atoms with Crippen LogP contribution in [0.3, 0.4) is 0 Å². The first-order valence-corrected chi connectivity index (χ1v) is 6.52. The summed E-state index contributed by atoms with van der Waals surface area (Å²) in [6, 6.07) is 7.07. The van der Waals surface area contributed by atoms with Crippen LogP contribution in [-0.2, 0) is 0 Å². The number of carbonyl (C=O) groups is 1. The number of hydrogen-bond acceptors (Lipinski definition) is 2. The second-order valence-electron chi connectivity index (χ2n) is 4.20. The maximum atomic E-state index is 11.8. The van der Waals surface area contributed by atoms with E-state index in [0.29, 0.717) is 22.9 Å². The van der Waals surface area contributed by atoms with E-state index in [9.17, 15) is 4.79 Å². The molecule has 0 bridgehead atoms. The Balaban J connectivity index is 2.52. The van der Waals surface area contributed by atoms with Gasteiger partial charge in [0, 0.05) is 16.9 Å². The van der Waals surface area contributed by atoms with Crippen LogP contribution in [0, 0.1) is 5.92 Å². The highest BCUT2D eigenvalue weighted by molar-refractivity contribution is 9.09. The van der Waals surface area contributed by atoms with Crippen LogP contribution in [0.1, 0.15) is 24.2 Å². The van der Waals surface area contributed by atoms with Crippen LogP contribution in [0.5, 0.6) is 5.75 Å². The number of halogens is 1. The van der Waals surface area contributed by atoms with Gasteiger partial charge in [0.1, 0.15) is 5.75 Å². The van der Waals surface area contributed by atoms with Crippen molar-refractivity contribution >= 4 is 21.8 Å². The summed E-state index contributed by atoms with van der Waals surface area (Å²) >= 11 is 3.53. The Labute approximate surface area is 111 Å². The third kappa shape index (κ3) is 4.38. The van der Waals surface area contributed by atoms with Gasteiger partial charge in [-0.05, 0) is 30.2 Å². The van der Waals surface area contributed by atoms with Gasteiger partial charge in [0.05, 0.1) is 7.11 Å². The van der Waals surface area contributed by atoms with Gasteiger partial charge in [-0.25, -0.2) is 0 Å². The van der Waals surface area contributed by atoms with E-state index in [2.05, 4.69) is 35.1 Å². The molecule has 1 rings (SSSR count). The number of nitrogens with one attached hydrogen (secondary N) is 1. The van der Waals surface area contributed by atoms with Crippen molar-refractivity contribution in [1.29, 1.82) is 0 Å². The summed E-state index contributed by atoms with van der Waals surface area (Å²) in [7, 11) is 1.60. The third-order valence-corrected chi connectivity index (χ3v) is 3.91. The van der Waals surface area contributed by atoms with E-state index in [1.807, 2.05) is 0 Å². The molecule has 3 nitrogen and oxygen atoms in total. The molecule has 1 atom stereocenters. The predicted octanol–water partition coefficient (Wildman–Crippen LogP) is 2.84. The summed E-state index contributed by atoms with van der Waals surface area (Å²) in [6.07, 6.45) is 0. The number of rotatable bonds is 5. The van der Waals surface area contributed by atoms with E-state index < -0.39 is 0 Å². The molecule has 1 aromatic carbocycles. The minimum atomic E-state index is -0.0576. The molecule has 0 radical (unpaired) electrons. The maximum absolute atomic E-state index is 11.8. The summed E-state index contributed by atoms with van der Waals surface area (Å²) in [5, 5.41) is 2.89. The largest absolute Gasteiger partial charge is 0.497 e. The van der Waals surface area contributed by atoms with Crippen LogP contribution in [-0.4, -0.2) is 24.4 Å². The van der Waals surface area contributed by atoms with Crippen LogP contribution in [0.4, 0.5) is 0 Å². The quantitative estimate of drug-likeness (QED) is 0.849. The van der Waals surface area contributed by atoms with Gasteiger partial charge in [-0.3, -0.25) is 4.79 Å². The summed E-state index contributed by atoms with van der Waals surface area (Å²) in [4.78, 5) is 12.1. The molecule has 0 aliphatic rings. The van der Waals surface area contributed by atoms with Gasteiger partial charge in [0.25, 0.3) is 5.91 Å². The second kappa shape index (κ2) is 6.64. The molecule has 0 aliphatic heterocycles. The Kier molecular flexibility index (Phi) is 5.48. The van der Waals surface area contributed by atoms with E-state index in [1.54, 1.807) is 31.4 Å². The molecule has 1 unspecified atom stereocenters. The average molecular weight is 300 g/mol. The van der Waals surface area contributed by atoms with Crippen molar-refractivity contribution in [1.82, 2.24) is 5.32 Å². The molecule has 1 N–H and O–H groups in total. The lowest BCUT2D eigenvalue weighted by Gasteiger charge is -2.14. The molecule has 0 spiro atoms. The SMILES string of the molecule is COc1ccc(C(=O)NCC(Br)C(C)C)cc1. The fourth-order valence-electron chi connectivity index (χ4n) is 1.27. The maximum Gasteiger partial charge on any atom is 0.251 e. The van der Waals surface area contributed by atoms with Crippen LogP contribution in [0.25, 0.3) is 0 Å². The Morgan fingerprint density at radius 1 is 1.35 bits per heavy atom. The summed E-state index contributed by atoms with van der Waals surface area (Å²) in [5.41, 5.74) is 0.647. The number of amides is 1. The van der Waals surface area contributed by atoms with Crippen molar-refractivity contribution in [2.75, 3.05) is 13.7 Å². The minimum Gasteiger partial charge on any atom is -0.497 e. The average Bonchev–Trinajstić information content (AvgIpc) is 2.35. The lowest BCUT2D eigenvalue weighted by Crippen LogP contribution is -2.31. The summed E-state index contributed by atoms with van der Waals surface area (Å²) < 4.78 is 5.04. The van der Waals surface area contributed by atoms with Gasteiger partial charge in [0.15, 0.2) is 0 Å².